The fraction of sp³-hybridized carbons (Fsp3) is 0.957. The third-order valence-corrected chi connectivity index (χ3v) is 7.53. The summed E-state index contributed by atoms with van der Waals surface area (Å²) in [5.74, 6) is 7.04. The molecular formula is C23H42O. The van der Waals surface area contributed by atoms with E-state index in [1.165, 1.54) is 25.7 Å². The SMILES string of the molecule is CC1CC(C)C(CCC(=O)CCC2C(C)CC(C)CC2C)C(C)C1. The summed E-state index contributed by atoms with van der Waals surface area (Å²) in [4.78, 5) is 12.5. The minimum Gasteiger partial charge on any atom is -0.300 e. The molecule has 0 N–H and O–H groups in total. The van der Waals surface area contributed by atoms with Crippen molar-refractivity contribution in [3.8, 4) is 0 Å². The van der Waals surface area contributed by atoms with Gasteiger partial charge in [0.15, 0.2) is 0 Å². The van der Waals surface area contributed by atoms with Gasteiger partial charge < -0.3 is 0 Å². The van der Waals surface area contributed by atoms with Crippen molar-refractivity contribution in [1.82, 2.24) is 0 Å². The summed E-state index contributed by atoms with van der Waals surface area (Å²) in [5, 5.41) is 0. The molecule has 0 heterocycles. The second kappa shape index (κ2) is 8.86. The number of Topliss-reactive ketones (excluding diaryl/α,β-unsaturated/α-hetero) is 1. The summed E-state index contributed by atoms with van der Waals surface area (Å²) in [5.41, 5.74) is 0. The molecule has 0 aromatic heterocycles. The molecule has 0 amide bonds. The monoisotopic (exact) mass is 334 g/mol. The van der Waals surface area contributed by atoms with Gasteiger partial charge in [0.25, 0.3) is 0 Å². The Labute approximate surface area is 151 Å². The first-order valence-electron chi connectivity index (χ1n) is 10.8. The summed E-state index contributed by atoms with van der Waals surface area (Å²) in [6.45, 7) is 14.4. The molecule has 0 aliphatic heterocycles. The van der Waals surface area contributed by atoms with Gasteiger partial charge >= 0.3 is 0 Å². The molecule has 1 heteroatoms. The molecule has 0 aromatic carbocycles. The zero-order valence-electron chi connectivity index (χ0n) is 17.2. The standard InChI is InChI=1S/C23H42O/c1-15-11-17(3)22(18(4)12-15)9-7-21(24)8-10-23-19(5)13-16(2)14-20(23)6/h15-20,22-23H,7-14H2,1-6H3. The van der Waals surface area contributed by atoms with Gasteiger partial charge in [-0.2, -0.15) is 0 Å². The summed E-state index contributed by atoms with van der Waals surface area (Å²) < 4.78 is 0. The van der Waals surface area contributed by atoms with Crippen LogP contribution in [0.5, 0.6) is 0 Å². The molecule has 2 aliphatic rings. The molecule has 2 aliphatic carbocycles. The smallest absolute Gasteiger partial charge is 0.132 e. The average Bonchev–Trinajstić information content (AvgIpc) is 2.44. The average molecular weight is 335 g/mol. The highest BCUT2D eigenvalue weighted by Gasteiger charge is 2.33. The van der Waals surface area contributed by atoms with Crippen molar-refractivity contribution in [1.29, 1.82) is 0 Å². The second-order valence-corrected chi connectivity index (χ2v) is 10.0. The van der Waals surface area contributed by atoms with Crippen molar-refractivity contribution in [3.63, 3.8) is 0 Å². The lowest BCUT2D eigenvalue weighted by Crippen LogP contribution is -2.30. The lowest BCUT2D eigenvalue weighted by Gasteiger charge is -2.38. The highest BCUT2D eigenvalue weighted by atomic mass is 16.1. The molecule has 4 atom stereocenters. The van der Waals surface area contributed by atoms with Crippen LogP contribution in [0, 0.1) is 47.3 Å². The largest absolute Gasteiger partial charge is 0.300 e. The van der Waals surface area contributed by atoms with Crippen molar-refractivity contribution in [3.05, 3.63) is 0 Å². The Hall–Kier alpha value is -0.330. The molecule has 0 saturated heterocycles. The first kappa shape index (κ1) is 20.0. The van der Waals surface area contributed by atoms with Crippen molar-refractivity contribution in [2.75, 3.05) is 0 Å². The molecule has 2 fully saturated rings. The van der Waals surface area contributed by atoms with E-state index in [4.69, 9.17) is 0 Å². The van der Waals surface area contributed by atoms with E-state index >= 15 is 0 Å². The zero-order chi connectivity index (χ0) is 17.9. The molecule has 1 nitrogen and oxygen atoms in total. The lowest BCUT2D eigenvalue weighted by molar-refractivity contribution is -0.120. The Morgan fingerprint density at radius 2 is 0.917 bits per heavy atom. The zero-order valence-corrected chi connectivity index (χ0v) is 17.2. The molecular weight excluding hydrogens is 292 g/mol. The summed E-state index contributed by atoms with van der Waals surface area (Å²) in [6.07, 6.45) is 9.38. The maximum absolute atomic E-state index is 12.5. The van der Waals surface area contributed by atoms with Crippen molar-refractivity contribution >= 4 is 5.78 Å². The Morgan fingerprint density at radius 3 is 1.21 bits per heavy atom. The van der Waals surface area contributed by atoms with E-state index in [2.05, 4.69) is 41.5 Å². The van der Waals surface area contributed by atoms with Crippen molar-refractivity contribution in [2.45, 2.75) is 92.9 Å². The summed E-state index contributed by atoms with van der Waals surface area (Å²) >= 11 is 0. The molecule has 2 saturated carbocycles. The van der Waals surface area contributed by atoms with Crippen LogP contribution in [-0.2, 0) is 4.79 Å². The van der Waals surface area contributed by atoms with Gasteiger partial charge in [-0.05, 0) is 85.9 Å². The number of rotatable bonds is 6. The Kier molecular flexibility index (Phi) is 7.38. The van der Waals surface area contributed by atoms with E-state index in [9.17, 15) is 4.79 Å². The van der Waals surface area contributed by atoms with Crippen LogP contribution in [0.4, 0.5) is 0 Å². The first-order valence-corrected chi connectivity index (χ1v) is 10.8. The normalized spacial score (nSPS) is 43.6. The topological polar surface area (TPSA) is 17.1 Å². The van der Waals surface area contributed by atoms with Crippen LogP contribution < -0.4 is 0 Å². The third kappa shape index (κ3) is 5.33. The highest BCUT2D eigenvalue weighted by Crippen LogP contribution is 2.41. The van der Waals surface area contributed by atoms with Crippen LogP contribution in [0.3, 0.4) is 0 Å². The molecule has 0 bridgehead atoms. The molecule has 0 radical (unpaired) electrons. The predicted octanol–water partition coefficient (Wildman–Crippen LogP) is 6.75. The molecule has 140 valence electrons. The van der Waals surface area contributed by atoms with Crippen molar-refractivity contribution in [2.24, 2.45) is 47.3 Å². The van der Waals surface area contributed by atoms with E-state index in [0.717, 1.165) is 73.0 Å². The number of carbonyl (C=O) groups is 1. The maximum atomic E-state index is 12.5. The number of hydrogen-bond donors (Lipinski definition) is 0. The van der Waals surface area contributed by atoms with Crippen LogP contribution in [0.25, 0.3) is 0 Å². The van der Waals surface area contributed by atoms with Gasteiger partial charge in [0.1, 0.15) is 5.78 Å². The van der Waals surface area contributed by atoms with Crippen molar-refractivity contribution < 1.29 is 4.79 Å². The summed E-state index contributed by atoms with van der Waals surface area (Å²) in [7, 11) is 0. The fourth-order valence-corrected chi connectivity index (χ4v) is 6.47. The number of ketones is 1. The Bertz CT molecular complexity index is 341. The van der Waals surface area contributed by atoms with E-state index < -0.39 is 0 Å². The number of carbonyl (C=O) groups excluding carboxylic acids is 1. The fourth-order valence-electron chi connectivity index (χ4n) is 6.47. The Balaban J connectivity index is 1.73. The van der Waals surface area contributed by atoms with E-state index in [1.807, 2.05) is 0 Å². The first-order chi connectivity index (χ1) is 11.3. The van der Waals surface area contributed by atoms with Crippen LogP contribution in [-0.4, -0.2) is 5.78 Å². The van der Waals surface area contributed by atoms with E-state index in [-0.39, 0.29) is 0 Å². The van der Waals surface area contributed by atoms with Crippen LogP contribution in [0.15, 0.2) is 0 Å². The molecule has 4 unspecified atom stereocenters. The molecule has 24 heavy (non-hydrogen) atoms. The quantitative estimate of drug-likeness (QED) is 0.525. The number of hydrogen-bond acceptors (Lipinski definition) is 1. The minimum absolute atomic E-state index is 0.533. The van der Waals surface area contributed by atoms with Gasteiger partial charge in [0.2, 0.25) is 0 Å². The third-order valence-electron chi connectivity index (χ3n) is 7.53. The van der Waals surface area contributed by atoms with Crippen LogP contribution in [0.2, 0.25) is 0 Å². The Morgan fingerprint density at radius 1 is 0.625 bits per heavy atom. The van der Waals surface area contributed by atoms with Gasteiger partial charge in [-0.3, -0.25) is 4.79 Å². The van der Waals surface area contributed by atoms with E-state index in [0.29, 0.717) is 5.78 Å². The predicted molar refractivity (Wildman–Crippen MR) is 104 cm³/mol. The van der Waals surface area contributed by atoms with Gasteiger partial charge in [-0.15, -0.1) is 0 Å². The van der Waals surface area contributed by atoms with E-state index in [1.54, 1.807) is 0 Å². The van der Waals surface area contributed by atoms with Crippen LogP contribution in [0.1, 0.15) is 92.9 Å². The molecule has 0 aromatic rings. The van der Waals surface area contributed by atoms with Gasteiger partial charge in [0, 0.05) is 12.8 Å². The highest BCUT2D eigenvalue weighted by molar-refractivity contribution is 5.78. The molecule has 2 rings (SSSR count). The maximum Gasteiger partial charge on any atom is 0.132 e. The van der Waals surface area contributed by atoms with Gasteiger partial charge in [-0.25, -0.2) is 0 Å². The van der Waals surface area contributed by atoms with Gasteiger partial charge in [0.05, 0.1) is 0 Å². The second-order valence-electron chi connectivity index (χ2n) is 10.0. The molecule has 0 spiro atoms. The minimum atomic E-state index is 0.533. The lowest BCUT2D eigenvalue weighted by atomic mass is 9.67. The van der Waals surface area contributed by atoms with Crippen LogP contribution >= 0.6 is 0 Å². The van der Waals surface area contributed by atoms with Gasteiger partial charge in [-0.1, -0.05) is 41.5 Å². The summed E-state index contributed by atoms with van der Waals surface area (Å²) in [6, 6.07) is 0.